The Bertz CT molecular complexity index is 1110. The number of urea groups is 1. The van der Waals surface area contributed by atoms with E-state index >= 15 is 0 Å². The van der Waals surface area contributed by atoms with Crippen molar-refractivity contribution in [3.8, 4) is 11.3 Å². The van der Waals surface area contributed by atoms with E-state index in [2.05, 4.69) is 10.4 Å². The van der Waals surface area contributed by atoms with Crippen molar-refractivity contribution in [2.75, 3.05) is 6.54 Å². The van der Waals surface area contributed by atoms with Gasteiger partial charge in [-0.2, -0.15) is 5.10 Å². The van der Waals surface area contributed by atoms with E-state index in [-0.39, 0.29) is 49.1 Å². The zero-order valence-corrected chi connectivity index (χ0v) is 20.9. The lowest BCUT2D eigenvalue weighted by Gasteiger charge is -2.37. The van der Waals surface area contributed by atoms with Gasteiger partial charge in [-0.3, -0.25) is 9.48 Å². The minimum Gasteiger partial charge on any atom is -0.365 e. The number of aromatic nitrogens is 2. The maximum absolute atomic E-state index is 13.8. The molecular weight excluding hydrogens is 459 g/mol. The third-order valence-electron chi connectivity index (χ3n) is 7.07. The van der Waals surface area contributed by atoms with Crippen LogP contribution in [0.1, 0.15) is 68.6 Å². The van der Waals surface area contributed by atoms with Crippen molar-refractivity contribution >= 4 is 11.9 Å². The Kier molecular flexibility index (Phi) is 7.52. The first-order valence-electron chi connectivity index (χ1n) is 11.9. The fourth-order valence-electron chi connectivity index (χ4n) is 4.19. The highest BCUT2D eigenvalue weighted by molar-refractivity contribution is 6.00. The first-order chi connectivity index (χ1) is 16.3. The van der Waals surface area contributed by atoms with Crippen LogP contribution in [-0.2, 0) is 13.1 Å². The predicted molar refractivity (Wildman–Crippen MR) is 128 cm³/mol. The van der Waals surface area contributed by atoms with Gasteiger partial charge in [0.25, 0.3) is 5.91 Å². The highest BCUT2D eigenvalue weighted by atomic mass is 19.3. The van der Waals surface area contributed by atoms with Crippen LogP contribution >= 0.6 is 0 Å². The average Bonchev–Trinajstić information content (AvgIpc) is 3.18. The molecule has 0 fully saturated rings. The number of aryl methyl sites for hydroxylation is 1. The molecule has 0 saturated carbocycles. The third kappa shape index (κ3) is 5.79. The van der Waals surface area contributed by atoms with E-state index in [0.29, 0.717) is 35.6 Å². The minimum atomic E-state index is -2.72. The summed E-state index contributed by atoms with van der Waals surface area (Å²) >= 11 is 0. The number of carbonyl (C=O) groups is 2. The zero-order valence-electron chi connectivity index (χ0n) is 20.9. The molecule has 0 radical (unpaired) electrons. The Morgan fingerprint density at radius 3 is 2.54 bits per heavy atom. The lowest BCUT2D eigenvalue weighted by atomic mass is 9.84. The second-order valence-electron chi connectivity index (χ2n) is 9.94. The number of halogens is 3. The Balaban J connectivity index is 1.78. The second kappa shape index (κ2) is 9.91. The molecule has 1 aromatic heterocycles. The molecule has 3 amide bonds. The number of alkyl halides is 2. The van der Waals surface area contributed by atoms with Crippen molar-refractivity contribution in [2.24, 2.45) is 11.7 Å². The van der Waals surface area contributed by atoms with E-state index in [4.69, 9.17) is 5.73 Å². The summed E-state index contributed by atoms with van der Waals surface area (Å²) in [7, 11) is 0. The van der Waals surface area contributed by atoms with Gasteiger partial charge in [-0.25, -0.2) is 18.0 Å². The fourth-order valence-corrected chi connectivity index (χ4v) is 4.19. The maximum atomic E-state index is 13.8. The van der Waals surface area contributed by atoms with E-state index in [9.17, 15) is 22.8 Å². The number of primary amides is 1. The van der Waals surface area contributed by atoms with Gasteiger partial charge in [0.1, 0.15) is 11.5 Å². The molecule has 10 heteroatoms. The number of benzene rings is 1. The molecule has 1 aliphatic rings. The molecule has 7 nitrogen and oxygen atoms in total. The largest absolute Gasteiger partial charge is 0.365 e. The van der Waals surface area contributed by atoms with Gasteiger partial charge in [-0.05, 0) is 56.9 Å². The lowest BCUT2D eigenvalue weighted by molar-refractivity contribution is -0.0191. The molecule has 192 valence electrons. The first-order valence-corrected chi connectivity index (χ1v) is 11.9. The van der Waals surface area contributed by atoms with Crippen LogP contribution in [0.15, 0.2) is 18.2 Å². The molecule has 0 bridgehead atoms. The third-order valence-corrected chi connectivity index (χ3v) is 7.07. The standard InChI is InChI=1S/C25H34F3N5O2/c1-6-25(27,28)10-9-16(3)24(4,5)30-23(35)32-11-12-33-19(14-32)20(22(29)34)21(31-33)17-7-8-18(26)15(2)13-17/h7-8,13,16H,6,9-12,14H2,1-5H3,(H2,29,34)(H,30,35). The first kappa shape index (κ1) is 26.6. The topological polar surface area (TPSA) is 93.2 Å². The predicted octanol–water partition coefficient (Wildman–Crippen LogP) is 4.86. The van der Waals surface area contributed by atoms with Crippen LogP contribution in [0.3, 0.4) is 0 Å². The molecule has 1 unspecified atom stereocenters. The molecule has 0 spiro atoms. The SMILES string of the molecule is CCC(F)(F)CCC(C)C(C)(C)NC(=O)N1CCn2nc(-c3ccc(F)c(C)c3)c(C(N)=O)c2C1. The van der Waals surface area contributed by atoms with Gasteiger partial charge in [0, 0.05) is 30.5 Å². The van der Waals surface area contributed by atoms with Crippen molar-refractivity contribution in [2.45, 2.75) is 78.4 Å². The normalized spacial score (nSPS) is 15.0. The van der Waals surface area contributed by atoms with E-state index in [1.54, 1.807) is 28.6 Å². The van der Waals surface area contributed by atoms with Crippen molar-refractivity contribution < 1.29 is 22.8 Å². The Morgan fingerprint density at radius 2 is 1.94 bits per heavy atom. The van der Waals surface area contributed by atoms with Crippen LogP contribution < -0.4 is 11.1 Å². The maximum Gasteiger partial charge on any atom is 0.318 e. The number of hydrogen-bond acceptors (Lipinski definition) is 3. The summed E-state index contributed by atoms with van der Waals surface area (Å²) in [5.41, 5.74) is 7.00. The van der Waals surface area contributed by atoms with Gasteiger partial charge in [0.05, 0.1) is 24.3 Å². The second-order valence-corrected chi connectivity index (χ2v) is 9.94. The van der Waals surface area contributed by atoms with E-state index in [1.165, 1.54) is 13.0 Å². The van der Waals surface area contributed by atoms with Crippen LogP contribution in [-0.4, -0.2) is 44.6 Å². The summed E-state index contributed by atoms with van der Waals surface area (Å²) in [4.78, 5) is 27.0. The number of fused-ring (bicyclic) bond motifs is 1. The number of hydrogen-bond donors (Lipinski definition) is 2. The van der Waals surface area contributed by atoms with E-state index < -0.39 is 17.4 Å². The summed E-state index contributed by atoms with van der Waals surface area (Å²) in [5.74, 6) is -3.95. The number of rotatable bonds is 8. The molecule has 3 N–H and O–H groups in total. The molecule has 1 atom stereocenters. The molecule has 2 heterocycles. The lowest BCUT2D eigenvalue weighted by Crippen LogP contribution is -2.54. The van der Waals surface area contributed by atoms with Gasteiger partial charge in [0.15, 0.2) is 0 Å². The van der Waals surface area contributed by atoms with E-state index in [0.717, 1.165) is 0 Å². The van der Waals surface area contributed by atoms with Crippen LogP contribution in [0, 0.1) is 18.7 Å². The number of amides is 3. The van der Waals surface area contributed by atoms with Crippen molar-refractivity contribution in [3.05, 3.63) is 40.8 Å². The number of carbonyl (C=O) groups excluding carboxylic acids is 2. The van der Waals surface area contributed by atoms with Crippen molar-refractivity contribution in [1.29, 1.82) is 0 Å². The molecule has 35 heavy (non-hydrogen) atoms. The summed E-state index contributed by atoms with van der Waals surface area (Å²) in [6.45, 7) is 9.37. The summed E-state index contributed by atoms with van der Waals surface area (Å²) in [5, 5.41) is 7.50. The van der Waals surface area contributed by atoms with E-state index in [1.807, 2.05) is 20.8 Å². The smallest absolute Gasteiger partial charge is 0.318 e. The average molecular weight is 494 g/mol. The van der Waals surface area contributed by atoms with Crippen LogP contribution in [0.25, 0.3) is 11.3 Å². The fraction of sp³-hybridized carbons (Fsp3) is 0.560. The van der Waals surface area contributed by atoms with Gasteiger partial charge < -0.3 is 16.0 Å². The number of nitrogens with zero attached hydrogens (tertiary/aromatic N) is 3. The molecule has 3 rings (SSSR count). The van der Waals surface area contributed by atoms with Crippen LogP contribution in [0.2, 0.25) is 0 Å². The van der Waals surface area contributed by atoms with Crippen molar-refractivity contribution in [3.63, 3.8) is 0 Å². The van der Waals surface area contributed by atoms with Crippen molar-refractivity contribution in [1.82, 2.24) is 20.0 Å². The zero-order chi connectivity index (χ0) is 26.1. The van der Waals surface area contributed by atoms with Gasteiger partial charge in [0.2, 0.25) is 5.92 Å². The monoisotopic (exact) mass is 493 g/mol. The number of nitrogens with two attached hydrogens (primary N) is 1. The molecule has 1 aromatic carbocycles. The Labute approximate surface area is 203 Å². The minimum absolute atomic E-state index is 0.107. The molecule has 0 saturated heterocycles. The van der Waals surface area contributed by atoms with Crippen LogP contribution in [0.5, 0.6) is 0 Å². The highest BCUT2D eigenvalue weighted by Crippen LogP contribution is 2.31. The summed E-state index contributed by atoms with van der Waals surface area (Å²) < 4.78 is 42.8. The van der Waals surface area contributed by atoms with Gasteiger partial charge >= 0.3 is 6.03 Å². The molecular formula is C25H34F3N5O2. The quantitative estimate of drug-likeness (QED) is 0.550. The molecule has 1 aliphatic heterocycles. The Morgan fingerprint density at radius 1 is 1.26 bits per heavy atom. The Hall–Kier alpha value is -3.04. The van der Waals surface area contributed by atoms with Gasteiger partial charge in [-0.1, -0.05) is 13.8 Å². The molecule has 0 aliphatic carbocycles. The highest BCUT2D eigenvalue weighted by Gasteiger charge is 2.35. The summed E-state index contributed by atoms with van der Waals surface area (Å²) in [6.07, 6.45) is -0.177. The van der Waals surface area contributed by atoms with Crippen LogP contribution in [0.4, 0.5) is 18.0 Å². The van der Waals surface area contributed by atoms with Gasteiger partial charge in [-0.15, -0.1) is 0 Å². The molecule has 2 aromatic rings. The number of nitrogens with one attached hydrogen (secondary N) is 1. The summed E-state index contributed by atoms with van der Waals surface area (Å²) in [6, 6.07) is 4.10.